The van der Waals surface area contributed by atoms with E-state index in [4.69, 9.17) is 9.47 Å². The third-order valence-corrected chi connectivity index (χ3v) is 7.17. The number of carbonyl (C=O) groups is 1. The monoisotopic (exact) mass is 460 g/mol. The number of carbonyl (C=O) groups excluding carboxylic acids is 1. The topological polar surface area (TPSA) is 85.4 Å². The molecule has 172 valence electrons. The van der Waals surface area contributed by atoms with Crippen molar-refractivity contribution in [2.75, 3.05) is 46.5 Å². The van der Waals surface area contributed by atoms with Crippen molar-refractivity contribution in [3.05, 3.63) is 35.4 Å². The predicted octanol–water partition coefficient (Wildman–Crippen LogP) is 2.71. The average Bonchev–Trinajstić information content (AvgIpc) is 3.31. The molecule has 1 atom stereocenters. The van der Waals surface area contributed by atoms with Gasteiger partial charge in [-0.25, -0.2) is 13.2 Å². The number of amides is 1. The summed E-state index contributed by atoms with van der Waals surface area (Å²) in [6, 6.07) is 4.87. The molecule has 3 rings (SSSR count). The van der Waals surface area contributed by atoms with Gasteiger partial charge in [0.15, 0.2) is 0 Å². The van der Waals surface area contributed by atoms with Gasteiger partial charge in [-0.3, -0.25) is 0 Å². The van der Waals surface area contributed by atoms with Crippen LogP contribution in [0.25, 0.3) is 0 Å². The average molecular weight is 460 g/mol. The van der Waals surface area contributed by atoms with E-state index in [9.17, 15) is 22.0 Å². The number of halogens is 2. The zero-order valence-electron chi connectivity index (χ0n) is 17.4. The molecule has 0 N–H and O–H groups in total. The molecule has 1 unspecified atom stereocenters. The van der Waals surface area contributed by atoms with Gasteiger partial charge in [0, 0.05) is 39.2 Å². The normalized spacial score (nSPS) is 17.9. The quantitative estimate of drug-likeness (QED) is 0.527. The standard InChI is InChI=1S/C20H26F2N2O6S/c1-3-14(12-28-2)13-29-20(25)23-8-15-10-24(11-16(15)9-23)31(26,27)18-6-4-17(5-7-18)30-19(21)22/h4-7,14,19H,3,8-13H2,1-2H3. The van der Waals surface area contributed by atoms with E-state index in [1.807, 2.05) is 6.92 Å². The largest absolute Gasteiger partial charge is 0.449 e. The number of ether oxygens (including phenoxy) is 3. The molecule has 0 saturated carbocycles. The highest BCUT2D eigenvalue weighted by atomic mass is 32.2. The zero-order chi connectivity index (χ0) is 22.6. The maximum atomic E-state index is 12.9. The first-order chi connectivity index (χ1) is 14.7. The van der Waals surface area contributed by atoms with Crippen LogP contribution in [0.2, 0.25) is 0 Å². The van der Waals surface area contributed by atoms with Gasteiger partial charge in [-0.05, 0) is 41.8 Å². The van der Waals surface area contributed by atoms with Crippen molar-refractivity contribution in [2.45, 2.75) is 24.9 Å². The van der Waals surface area contributed by atoms with Crippen LogP contribution in [0.3, 0.4) is 0 Å². The van der Waals surface area contributed by atoms with Crippen molar-refractivity contribution in [1.29, 1.82) is 0 Å². The number of rotatable bonds is 9. The fourth-order valence-corrected chi connectivity index (χ4v) is 5.02. The summed E-state index contributed by atoms with van der Waals surface area (Å²) < 4.78 is 66.3. The van der Waals surface area contributed by atoms with Crippen LogP contribution in [0, 0.1) is 5.92 Å². The summed E-state index contributed by atoms with van der Waals surface area (Å²) in [5.74, 6) is 0.0235. The summed E-state index contributed by atoms with van der Waals surface area (Å²) in [4.78, 5) is 13.9. The van der Waals surface area contributed by atoms with Crippen LogP contribution in [0.15, 0.2) is 40.3 Å². The van der Waals surface area contributed by atoms with Crippen LogP contribution in [-0.4, -0.2) is 76.8 Å². The van der Waals surface area contributed by atoms with Crippen molar-refractivity contribution in [3.63, 3.8) is 0 Å². The highest BCUT2D eigenvalue weighted by Crippen LogP contribution is 2.31. The van der Waals surface area contributed by atoms with Gasteiger partial charge in [-0.15, -0.1) is 0 Å². The van der Waals surface area contributed by atoms with Crippen molar-refractivity contribution in [3.8, 4) is 5.75 Å². The number of benzene rings is 1. The molecule has 2 aliphatic heterocycles. The van der Waals surface area contributed by atoms with Crippen LogP contribution >= 0.6 is 0 Å². The SMILES string of the molecule is CCC(COC)COC(=O)N1CC2=C(C1)CN(S(=O)(=O)c1ccc(OC(F)F)cc1)C2. The molecule has 0 bridgehead atoms. The summed E-state index contributed by atoms with van der Waals surface area (Å²) >= 11 is 0. The third kappa shape index (κ3) is 5.52. The minimum absolute atomic E-state index is 0.00435. The van der Waals surface area contributed by atoms with Crippen LogP contribution in [0.5, 0.6) is 5.75 Å². The summed E-state index contributed by atoms with van der Waals surface area (Å²) in [7, 11) is -2.19. The van der Waals surface area contributed by atoms with Gasteiger partial charge < -0.3 is 19.1 Å². The summed E-state index contributed by atoms with van der Waals surface area (Å²) in [5, 5.41) is 0. The molecule has 0 aromatic heterocycles. The molecule has 11 heteroatoms. The van der Waals surface area contributed by atoms with Crippen molar-refractivity contribution in [2.24, 2.45) is 5.92 Å². The Balaban J connectivity index is 1.54. The number of nitrogens with zero attached hydrogens (tertiary/aromatic N) is 2. The molecule has 0 saturated heterocycles. The van der Waals surface area contributed by atoms with E-state index in [1.165, 1.54) is 28.6 Å². The Bertz CT molecular complexity index is 902. The lowest BCUT2D eigenvalue weighted by Crippen LogP contribution is -2.37. The van der Waals surface area contributed by atoms with E-state index in [0.29, 0.717) is 19.7 Å². The van der Waals surface area contributed by atoms with Gasteiger partial charge in [0.05, 0.1) is 18.1 Å². The minimum atomic E-state index is -3.79. The molecule has 2 aliphatic rings. The number of sulfonamides is 1. The minimum Gasteiger partial charge on any atom is -0.449 e. The van der Waals surface area contributed by atoms with E-state index in [2.05, 4.69) is 4.74 Å². The molecule has 1 amide bonds. The van der Waals surface area contributed by atoms with Crippen molar-refractivity contribution >= 4 is 16.1 Å². The van der Waals surface area contributed by atoms with E-state index < -0.39 is 22.7 Å². The first-order valence-corrected chi connectivity index (χ1v) is 11.3. The van der Waals surface area contributed by atoms with Crippen LogP contribution in [0.1, 0.15) is 13.3 Å². The summed E-state index contributed by atoms with van der Waals surface area (Å²) in [6.07, 6.45) is 0.408. The van der Waals surface area contributed by atoms with Crippen molar-refractivity contribution < 1.29 is 36.2 Å². The highest BCUT2D eigenvalue weighted by Gasteiger charge is 2.38. The maximum Gasteiger partial charge on any atom is 0.410 e. The Labute approximate surface area is 180 Å². The Morgan fingerprint density at radius 3 is 2.19 bits per heavy atom. The third-order valence-electron chi connectivity index (χ3n) is 5.36. The smallest absolute Gasteiger partial charge is 0.410 e. The van der Waals surface area contributed by atoms with Gasteiger partial charge in [0.2, 0.25) is 10.0 Å². The Morgan fingerprint density at radius 1 is 1.06 bits per heavy atom. The van der Waals surface area contributed by atoms with E-state index in [-0.39, 0.29) is 36.3 Å². The second-order valence-corrected chi connectivity index (χ2v) is 9.43. The fraction of sp³-hybridized carbons (Fsp3) is 0.550. The maximum absolute atomic E-state index is 12.9. The van der Waals surface area contributed by atoms with Crippen LogP contribution < -0.4 is 4.74 Å². The molecule has 8 nitrogen and oxygen atoms in total. The predicted molar refractivity (Wildman–Crippen MR) is 107 cm³/mol. The van der Waals surface area contributed by atoms with Crippen LogP contribution in [0.4, 0.5) is 13.6 Å². The first-order valence-electron chi connectivity index (χ1n) is 9.90. The lowest BCUT2D eigenvalue weighted by molar-refractivity contribution is -0.0498. The Hall–Kier alpha value is -2.24. The highest BCUT2D eigenvalue weighted by molar-refractivity contribution is 7.89. The molecule has 1 aromatic carbocycles. The molecular weight excluding hydrogens is 434 g/mol. The van der Waals surface area contributed by atoms with E-state index in [1.54, 1.807) is 12.0 Å². The van der Waals surface area contributed by atoms with Gasteiger partial charge in [0.1, 0.15) is 5.75 Å². The number of hydrogen-bond donors (Lipinski definition) is 0. The Kier molecular flexibility index (Phi) is 7.50. The van der Waals surface area contributed by atoms with Crippen molar-refractivity contribution in [1.82, 2.24) is 9.21 Å². The second-order valence-electron chi connectivity index (χ2n) is 7.49. The Morgan fingerprint density at radius 2 is 1.68 bits per heavy atom. The summed E-state index contributed by atoms with van der Waals surface area (Å²) in [5.41, 5.74) is 1.75. The van der Waals surface area contributed by atoms with E-state index >= 15 is 0 Å². The summed E-state index contributed by atoms with van der Waals surface area (Å²) in [6.45, 7) is 0.811. The number of alkyl halides is 2. The zero-order valence-corrected chi connectivity index (χ0v) is 18.2. The number of methoxy groups -OCH3 is 1. The first kappa shape index (κ1) is 23.4. The molecule has 1 aromatic rings. The van der Waals surface area contributed by atoms with Gasteiger partial charge in [-0.1, -0.05) is 6.92 Å². The van der Waals surface area contributed by atoms with Gasteiger partial charge in [-0.2, -0.15) is 13.1 Å². The molecule has 0 spiro atoms. The lowest BCUT2D eigenvalue weighted by atomic mass is 10.1. The van der Waals surface area contributed by atoms with Crippen LogP contribution in [-0.2, 0) is 19.5 Å². The molecular formula is C20H26F2N2O6S. The molecule has 31 heavy (non-hydrogen) atoms. The van der Waals surface area contributed by atoms with Gasteiger partial charge >= 0.3 is 12.7 Å². The van der Waals surface area contributed by atoms with Gasteiger partial charge in [0.25, 0.3) is 0 Å². The van der Waals surface area contributed by atoms with E-state index in [0.717, 1.165) is 17.6 Å². The number of hydrogen-bond acceptors (Lipinski definition) is 6. The molecule has 0 radical (unpaired) electrons. The molecule has 0 fully saturated rings. The fourth-order valence-electron chi connectivity index (χ4n) is 3.59. The molecule has 2 heterocycles. The lowest BCUT2D eigenvalue weighted by Gasteiger charge is -2.23. The second kappa shape index (κ2) is 9.92. The molecule has 0 aliphatic carbocycles.